The Morgan fingerprint density at radius 3 is 2.62 bits per heavy atom. The van der Waals surface area contributed by atoms with Crippen molar-refractivity contribution in [2.75, 3.05) is 18.8 Å². The first-order valence-corrected chi connectivity index (χ1v) is 9.24. The topological polar surface area (TPSA) is 98.6 Å². The molecule has 0 aliphatic rings. The van der Waals surface area contributed by atoms with Gasteiger partial charge in [-0.15, -0.1) is 10.2 Å². The van der Waals surface area contributed by atoms with E-state index in [9.17, 15) is 4.79 Å². The van der Waals surface area contributed by atoms with Crippen LogP contribution in [0.5, 0.6) is 0 Å². The van der Waals surface area contributed by atoms with Crippen molar-refractivity contribution in [1.29, 1.82) is 10.5 Å². The first-order chi connectivity index (χ1) is 12.6. The predicted molar refractivity (Wildman–Crippen MR) is 98.9 cm³/mol. The molecule has 0 bridgehead atoms. The number of carbonyl (C=O) groups is 1. The second-order valence-corrected chi connectivity index (χ2v) is 6.75. The maximum Gasteiger partial charge on any atom is 0.233 e. The zero-order valence-corrected chi connectivity index (χ0v) is 15.8. The Morgan fingerprint density at radius 1 is 1.31 bits per heavy atom. The number of aromatic nitrogens is 3. The number of aryl methyl sites for hydroxylation is 1. The molecule has 0 fully saturated rings. The van der Waals surface area contributed by atoms with Crippen LogP contribution in [-0.2, 0) is 4.79 Å². The number of benzene rings is 1. The summed E-state index contributed by atoms with van der Waals surface area (Å²) >= 11 is 7.43. The van der Waals surface area contributed by atoms with Gasteiger partial charge in [0, 0.05) is 18.1 Å². The van der Waals surface area contributed by atoms with Crippen LogP contribution in [0.1, 0.15) is 18.4 Å². The Bertz CT molecular complexity index is 836. The zero-order chi connectivity index (χ0) is 18.9. The molecule has 1 aromatic heterocycles. The lowest BCUT2D eigenvalue weighted by molar-refractivity contribution is -0.128. The highest BCUT2D eigenvalue weighted by molar-refractivity contribution is 7.99. The van der Waals surface area contributed by atoms with Crippen molar-refractivity contribution >= 4 is 29.3 Å². The Balaban J connectivity index is 2.06. The van der Waals surface area contributed by atoms with Gasteiger partial charge in [-0.1, -0.05) is 29.4 Å². The summed E-state index contributed by atoms with van der Waals surface area (Å²) in [4.78, 5) is 13.9. The third-order valence-electron chi connectivity index (χ3n) is 3.61. The summed E-state index contributed by atoms with van der Waals surface area (Å²) in [5.74, 6) is 0.00628. The first kappa shape index (κ1) is 19.8. The summed E-state index contributed by atoms with van der Waals surface area (Å²) in [6.45, 7) is 2.55. The molecule has 7 nitrogen and oxygen atoms in total. The van der Waals surface area contributed by atoms with Crippen LogP contribution < -0.4 is 0 Å². The third kappa shape index (κ3) is 5.22. The maximum atomic E-state index is 12.4. The van der Waals surface area contributed by atoms with Gasteiger partial charge in [0.25, 0.3) is 0 Å². The van der Waals surface area contributed by atoms with E-state index in [1.165, 1.54) is 16.7 Å². The average Bonchev–Trinajstić information content (AvgIpc) is 3.10. The van der Waals surface area contributed by atoms with Crippen molar-refractivity contribution in [3.05, 3.63) is 35.1 Å². The number of nitriles is 2. The van der Waals surface area contributed by atoms with Crippen molar-refractivity contribution in [3.8, 4) is 17.8 Å². The SMILES string of the molecule is Cc1ccc(-n2cnnc2SCC(=O)N(CCC#N)CCC#N)cc1Cl. The molecular formula is C17H17ClN6OS. The molecule has 0 N–H and O–H groups in total. The average molecular weight is 389 g/mol. The molecule has 0 aliphatic heterocycles. The van der Waals surface area contributed by atoms with Gasteiger partial charge in [0.05, 0.1) is 36.4 Å². The fourth-order valence-corrected chi connectivity index (χ4v) is 3.19. The minimum absolute atomic E-state index is 0.142. The van der Waals surface area contributed by atoms with Crippen LogP contribution in [0.4, 0.5) is 0 Å². The summed E-state index contributed by atoms with van der Waals surface area (Å²) in [5.41, 5.74) is 1.78. The number of amides is 1. The Labute approximate surface area is 161 Å². The molecule has 1 heterocycles. The molecule has 0 aliphatic carbocycles. The van der Waals surface area contributed by atoms with E-state index in [0.717, 1.165) is 11.3 Å². The van der Waals surface area contributed by atoms with Crippen LogP contribution in [0.15, 0.2) is 29.7 Å². The smallest absolute Gasteiger partial charge is 0.233 e. The van der Waals surface area contributed by atoms with Crippen molar-refractivity contribution in [2.24, 2.45) is 0 Å². The van der Waals surface area contributed by atoms with Crippen LogP contribution in [0.25, 0.3) is 5.69 Å². The van der Waals surface area contributed by atoms with Crippen LogP contribution in [0, 0.1) is 29.6 Å². The molecule has 9 heteroatoms. The number of nitrogens with zero attached hydrogens (tertiary/aromatic N) is 6. The zero-order valence-electron chi connectivity index (χ0n) is 14.2. The van der Waals surface area contributed by atoms with E-state index in [-0.39, 0.29) is 24.5 Å². The van der Waals surface area contributed by atoms with Crippen LogP contribution >= 0.6 is 23.4 Å². The van der Waals surface area contributed by atoms with Gasteiger partial charge in [0.15, 0.2) is 5.16 Å². The number of carbonyl (C=O) groups excluding carboxylic acids is 1. The van der Waals surface area contributed by atoms with Gasteiger partial charge in [-0.3, -0.25) is 9.36 Å². The van der Waals surface area contributed by atoms with Gasteiger partial charge in [0.2, 0.25) is 5.91 Å². The second-order valence-electron chi connectivity index (χ2n) is 5.40. The lowest BCUT2D eigenvalue weighted by Crippen LogP contribution is -2.34. The van der Waals surface area contributed by atoms with Gasteiger partial charge >= 0.3 is 0 Å². The highest BCUT2D eigenvalue weighted by Gasteiger charge is 2.16. The van der Waals surface area contributed by atoms with Gasteiger partial charge < -0.3 is 4.90 Å². The lowest BCUT2D eigenvalue weighted by atomic mass is 10.2. The fourth-order valence-electron chi connectivity index (χ4n) is 2.18. The summed E-state index contributed by atoms with van der Waals surface area (Å²) in [5, 5.41) is 26.6. The van der Waals surface area contributed by atoms with E-state index in [0.29, 0.717) is 23.3 Å². The standard InChI is InChI=1S/C17H17ClN6OS/c1-13-4-5-14(10-15(13)18)24-12-21-22-17(24)26-11-16(25)23(8-2-6-19)9-3-7-20/h4-5,10,12H,2-3,8-9,11H2,1H3. The Hall–Kier alpha value is -2.55. The number of hydrogen-bond donors (Lipinski definition) is 0. The molecule has 26 heavy (non-hydrogen) atoms. The van der Waals surface area contributed by atoms with Gasteiger partial charge in [-0.05, 0) is 24.6 Å². The van der Waals surface area contributed by atoms with E-state index in [1.807, 2.05) is 37.3 Å². The lowest BCUT2D eigenvalue weighted by Gasteiger charge is -2.20. The second kappa shape index (κ2) is 9.81. The van der Waals surface area contributed by atoms with E-state index >= 15 is 0 Å². The minimum atomic E-state index is -0.142. The summed E-state index contributed by atoms with van der Waals surface area (Å²) < 4.78 is 1.76. The van der Waals surface area contributed by atoms with Crippen LogP contribution in [0.2, 0.25) is 5.02 Å². The van der Waals surface area contributed by atoms with Crippen molar-refractivity contribution < 1.29 is 4.79 Å². The van der Waals surface area contributed by atoms with Crippen LogP contribution in [0.3, 0.4) is 0 Å². The maximum absolute atomic E-state index is 12.4. The Kier molecular flexibility index (Phi) is 7.46. The summed E-state index contributed by atoms with van der Waals surface area (Å²) in [6, 6.07) is 9.66. The molecule has 2 aromatic rings. The number of hydrogen-bond acceptors (Lipinski definition) is 6. The molecule has 0 spiro atoms. The highest BCUT2D eigenvalue weighted by Crippen LogP contribution is 2.24. The number of thioether (sulfide) groups is 1. The van der Waals surface area contributed by atoms with E-state index in [2.05, 4.69) is 10.2 Å². The molecular weight excluding hydrogens is 372 g/mol. The Morgan fingerprint density at radius 2 is 2.00 bits per heavy atom. The van der Waals surface area contributed by atoms with Crippen LogP contribution in [-0.4, -0.2) is 44.4 Å². The highest BCUT2D eigenvalue weighted by atomic mass is 35.5. The largest absolute Gasteiger partial charge is 0.340 e. The molecule has 1 amide bonds. The quantitative estimate of drug-likeness (QED) is 0.644. The van der Waals surface area contributed by atoms with E-state index in [1.54, 1.807) is 10.9 Å². The monoisotopic (exact) mass is 388 g/mol. The van der Waals surface area contributed by atoms with Gasteiger partial charge in [-0.2, -0.15) is 10.5 Å². The van der Waals surface area contributed by atoms with E-state index in [4.69, 9.17) is 22.1 Å². The van der Waals surface area contributed by atoms with Gasteiger partial charge in [0.1, 0.15) is 6.33 Å². The fraction of sp³-hybridized carbons (Fsp3) is 0.353. The van der Waals surface area contributed by atoms with Crippen molar-refractivity contribution in [2.45, 2.75) is 24.9 Å². The molecule has 0 saturated heterocycles. The van der Waals surface area contributed by atoms with Gasteiger partial charge in [-0.25, -0.2) is 0 Å². The normalized spacial score (nSPS) is 10.2. The molecule has 2 rings (SSSR count). The molecule has 0 radical (unpaired) electrons. The van der Waals surface area contributed by atoms with E-state index < -0.39 is 0 Å². The number of rotatable bonds is 8. The first-order valence-electron chi connectivity index (χ1n) is 7.88. The summed E-state index contributed by atoms with van der Waals surface area (Å²) in [6.07, 6.45) is 2.04. The molecule has 0 saturated carbocycles. The molecule has 134 valence electrons. The molecule has 0 unspecified atom stereocenters. The van der Waals surface area contributed by atoms with Crippen molar-refractivity contribution in [3.63, 3.8) is 0 Å². The predicted octanol–water partition coefficient (Wildman–Crippen LogP) is 2.98. The molecule has 0 atom stereocenters. The van der Waals surface area contributed by atoms with Crippen molar-refractivity contribution in [1.82, 2.24) is 19.7 Å². The molecule has 1 aromatic carbocycles. The number of halogens is 1. The summed E-state index contributed by atoms with van der Waals surface area (Å²) in [7, 11) is 0. The third-order valence-corrected chi connectivity index (χ3v) is 4.95. The minimum Gasteiger partial charge on any atom is -0.340 e.